The molecule has 4 rings (SSSR count). The topological polar surface area (TPSA) is 78.5 Å². The van der Waals surface area contributed by atoms with Crippen molar-refractivity contribution < 1.29 is 14.4 Å². The molecule has 0 aromatic heterocycles. The van der Waals surface area contributed by atoms with Crippen molar-refractivity contribution in [1.82, 2.24) is 15.5 Å². The van der Waals surface area contributed by atoms with Gasteiger partial charge in [0.1, 0.15) is 12.1 Å². The van der Waals surface area contributed by atoms with E-state index in [9.17, 15) is 14.4 Å². The van der Waals surface area contributed by atoms with Gasteiger partial charge < -0.3 is 15.5 Å². The Bertz CT molecular complexity index is 853. The number of hydrogen-bond acceptors (Lipinski definition) is 3. The van der Waals surface area contributed by atoms with Crippen molar-refractivity contribution in [3.05, 3.63) is 71.8 Å². The molecule has 2 N–H and O–H groups in total. The number of hydrogen-bond donors (Lipinski definition) is 2. The number of piperazine rings is 1. The van der Waals surface area contributed by atoms with E-state index in [0.29, 0.717) is 24.9 Å². The molecular weight excluding hydrogens is 342 g/mol. The van der Waals surface area contributed by atoms with Crippen LogP contribution in [0.5, 0.6) is 0 Å². The predicted octanol–water partition coefficient (Wildman–Crippen LogP) is 1.13. The highest BCUT2D eigenvalue weighted by Gasteiger charge is 2.48. The Morgan fingerprint density at radius 3 is 2.41 bits per heavy atom. The summed E-state index contributed by atoms with van der Waals surface area (Å²) in [6, 6.07) is 16.9. The van der Waals surface area contributed by atoms with Crippen LogP contribution in [0.15, 0.2) is 60.7 Å². The molecule has 138 valence electrons. The van der Waals surface area contributed by atoms with Crippen molar-refractivity contribution in [3.63, 3.8) is 0 Å². The Morgan fingerprint density at radius 1 is 1.04 bits per heavy atom. The third-order valence-electron chi connectivity index (χ3n) is 5.20. The lowest BCUT2D eigenvalue weighted by atomic mass is 9.99. The predicted molar refractivity (Wildman–Crippen MR) is 99.9 cm³/mol. The van der Waals surface area contributed by atoms with Crippen molar-refractivity contribution in [2.75, 3.05) is 6.54 Å². The molecule has 2 saturated heterocycles. The lowest BCUT2D eigenvalue weighted by Crippen LogP contribution is -2.65. The van der Waals surface area contributed by atoms with E-state index in [0.717, 1.165) is 5.56 Å². The molecule has 0 saturated carbocycles. The van der Waals surface area contributed by atoms with Crippen molar-refractivity contribution in [3.8, 4) is 0 Å². The number of carbonyl (C=O) groups excluding carboxylic acids is 3. The largest absolute Gasteiger partial charge is 0.347 e. The van der Waals surface area contributed by atoms with Crippen molar-refractivity contribution in [2.45, 2.75) is 31.0 Å². The Morgan fingerprint density at radius 2 is 1.70 bits per heavy atom. The van der Waals surface area contributed by atoms with Gasteiger partial charge in [-0.3, -0.25) is 14.4 Å². The van der Waals surface area contributed by atoms with Gasteiger partial charge in [0, 0.05) is 18.5 Å². The smallest absolute Gasteiger partial charge is 0.251 e. The molecule has 6 heteroatoms. The minimum absolute atomic E-state index is 0.0834. The molecule has 2 heterocycles. The normalized spacial score (nSPS) is 24.3. The average Bonchev–Trinajstić information content (AvgIpc) is 3.12. The quantitative estimate of drug-likeness (QED) is 0.855. The number of carbonyl (C=O) groups is 3. The molecule has 3 atom stereocenters. The number of fused-ring (bicyclic) bond motifs is 1. The Balaban J connectivity index is 1.45. The van der Waals surface area contributed by atoms with Crippen LogP contribution < -0.4 is 10.6 Å². The highest BCUT2D eigenvalue weighted by molar-refractivity contribution is 5.99. The van der Waals surface area contributed by atoms with Crippen LogP contribution in [0.2, 0.25) is 0 Å². The second kappa shape index (κ2) is 7.23. The third-order valence-corrected chi connectivity index (χ3v) is 5.20. The molecule has 2 aromatic rings. The SMILES string of the molecule is O=C(N[C@H]1CCN2C(=O)[C@H](Cc3ccccc3)NC(=O)[C@H]12)c1ccccc1. The van der Waals surface area contributed by atoms with Gasteiger partial charge in [-0.2, -0.15) is 0 Å². The van der Waals surface area contributed by atoms with Crippen LogP contribution >= 0.6 is 0 Å². The maximum Gasteiger partial charge on any atom is 0.251 e. The summed E-state index contributed by atoms with van der Waals surface area (Å²) < 4.78 is 0. The van der Waals surface area contributed by atoms with E-state index < -0.39 is 12.1 Å². The summed E-state index contributed by atoms with van der Waals surface area (Å²) in [6.07, 6.45) is 1.04. The van der Waals surface area contributed by atoms with Crippen LogP contribution in [-0.4, -0.2) is 47.3 Å². The molecule has 0 spiro atoms. The van der Waals surface area contributed by atoms with Gasteiger partial charge in [-0.05, 0) is 24.1 Å². The fourth-order valence-electron chi connectivity index (χ4n) is 3.86. The molecule has 2 aliphatic heterocycles. The molecule has 0 aliphatic carbocycles. The second-order valence-corrected chi connectivity index (χ2v) is 6.96. The zero-order valence-corrected chi connectivity index (χ0v) is 14.8. The number of rotatable bonds is 4. The number of benzene rings is 2. The standard InChI is InChI=1S/C21H21N3O3/c25-19(15-9-5-2-6-10-15)22-16-11-12-24-18(16)20(26)23-17(21(24)27)13-14-7-3-1-4-8-14/h1-10,16-18H,11-13H2,(H,22,25)(H,23,26)/t16-,17-,18-/m0/s1. The molecule has 2 aliphatic rings. The monoisotopic (exact) mass is 363 g/mol. The molecule has 3 amide bonds. The fraction of sp³-hybridized carbons (Fsp3) is 0.286. The van der Waals surface area contributed by atoms with Gasteiger partial charge in [-0.25, -0.2) is 0 Å². The summed E-state index contributed by atoms with van der Waals surface area (Å²) in [5.74, 6) is -0.514. The van der Waals surface area contributed by atoms with Gasteiger partial charge in [0.25, 0.3) is 5.91 Å². The van der Waals surface area contributed by atoms with Crippen LogP contribution in [0, 0.1) is 0 Å². The lowest BCUT2D eigenvalue weighted by Gasteiger charge is -2.36. The van der Waals surface area contributed by atoms with E-state index in [4.69, 9.17) is 0 Å². The molecule has 2 aromatic carbocycles. The van der Waals surface area contributed by atoms with Crippen LogP contribution in [0.25, 0.3) is 0 Å². The number of amides is 3. The Hall–Kier alpha value is -3.15. The summed E-state index contributed by atoms with van der Waals surface area (Å²) in [6.45, 7) is 0.474. The molecule has 0 bridgehead atoms. The maximum absolute atomic E-state index is 12.9. The van der Waals surface area contributed by atoms with Gasteiger partial charge in [0.2, 0.25) is 11.8 Å². The van der Waals surface area contributed by atoms with Gasteiger partial charge in [-0.15, -0.1) is 0 Å². The highest BCUT2D eigenvalue weighted by atomic mass is 16.2. The molecular formula is C21H21N3O3. The van der Waals surface area contributed by atoms with E-state index in [1.54, 1.807) is 29.2 Å². The molecule has 6 nitrogen and oxygen atoms in total. The fourth-order valence-corrected chi connectivity index (χ4v) is 3.86. The summed E-state index contributed by atoms with van der Waals surface area (Å²) in [5, 5.41) is 5.76. The third kappa shape index (κ3) is 3.43. The van der Waals surface area contributed by atoms with Crippen LogP contribution in [0.3, 0.4) is 0 Å². The highest BCUT2D eigenvalue weighted by Crippen LogP contribution is 2.24. The molecule has 0 unspecified atom stereocenters. The molecule has 27 heavy (non-hydrogen) atoms. The molecule has 0 radical (unpaired) electrons. The van der Waals surface area contributed by atoms with E-state index in [1.165, 1.54) is 0 Å². The van der Waals surface area contributed by atoms with E-state index >= 15 is 0 Å². The summed E-state index contributed by atoms with van der Waals surface area (Å²) in [5.41, 5.74) is 1.54. The van der Waals surface area contributed by atoms with E-state index in [-0.39, 0.29) is 23.8 Å². The number of nitrogens with one attached hydrogen (secondary N) is 2. The van der Waals surface area contributed by atoms with Gasteiger partial charge >= 0.3 is 0 Å². The van der Waals surface area contributed by atoms with Gasteiger partial charge in [0.05, 0.1) is 6.04 Å². The minimum Gasteiger partial charge on any atom is -0.347 e. The summed E-state index contributed by atoms with van der Waals surface area (Å²) in [4.78, 5) is 39.6. The zero-order chi connectivity index (χ0) is 18.8. The van der Waals surface area contributed by atoms with Crippen molar-refractivity contribution in [1.29, 1.82) is 0 Å². The first-order valence-electron chi connectivity index (χ1n) is 9.14. The minimum atomic E-state index is -0.641. The lowest BCUT2D eigenvalue weighted by molar-refractivity contribution is -0.147. The Kier molecular flexibility index (Phi) is 4.62. The van der Waals surface area contributed by atoms with Crippen molar-refractivity contribution >= 4 is 17.7 Å². The maximum atomic E-state index is 12.9. The first kappa shape index (κ1) is 17.3. The average molecular weight is 363 g/mol. The molecule has 2 fully saturated rings. The van der Waals surface area contributed by atoms with Crippen LogP contribution in [-0.2, 0) is 16.0 Å². The van der Waals surface area contributed by atoms with Crippen LogP contribution in [0.1, 0.15) is 22.3 Å². The van der Waals surface area contributed by atoms with Gasteiger partial charge in [0.15, 0.2) is 0 Å². The zero-order valence-electron chi connectivity index (χ0n) is 14.8. The van der Waals surface area contributed by atoms with E-state index in [1.807, 2.05) is 36.4 Å². The second-order valence-electron chi connectivity index (χ2n) is 6.96. The van der Waals surface area contributed by atoms with Gasteiger partial charge in [-0.1, -0.05) is 48.5 Å². The van der Waals surface area contributed by atoms with Crippen LogP contribution in [0.4, 0.5) is 0 Å². The Labute approximate surface area is 157 Å². The number of nitrogens with zero attached hydrogens (tertiary/aromatic N) is 1. The van der Waals surface area contributed by atoms with E-state index in [2.05, 4.69) is 10.6 Å². The summed E-state index contributed by atoms with van der Waals surface area (Å²) in [7, 11) is 0. The van der Waals surface area contributed by atoms with Crippen molar-refractivity contribution in [2.24, 2.45) is 0 Å². The first-order chi connectivity index (χ1) is 13.1. The summed E-state index contributed by atoms with van der Waals surface area (Å²) >= 11 is 0. The first-order valence-corrected chi connectivity index (χ1v) is 9.14.